The third kappa shape index (κ3) is 6.13. The highest BCUT2D eigenvalue weighted by atomic mass is 35.5. The maximum absolute atomic E-state index is 13.0. The minimum absolute atomic E-state index is 0.102. The summed E-state index contributed by atoms with van der Waals surface area (Å²) in [4.78, 5) is 16.0. The van der Waals surface area contributed by atoms with Crippen LogP contribution in [0.4, 0.5) is 18.9 Å². The Balaban J connectivity index is 1.61. The number of piperazine rings is 1. The van der Waals surface area contributed by atoms with Crippen molar-refractivity contribution in [3.8, 4) is 5.75 Å². The molecule has 2 aromatic rings. The zero-order valence-corrected chi connectivity index (χ0v) is 20.2. The molecule has 2 aromatic carbocycles. The number of nitrogens with zero attached hydrogens (tertiary/aromatic N) is 2. The molecule has 3 rings (SSSR count). The van der Waals surface area contributed by atoms with Crippen LogP contribution in [-0.4, -0.2) is 58.1 Å². The van der Waals surface area contributed by atoms with Crippen molar-refractivity contribution in [2.75, 3.05) is 37.7 Å². The first-order chi connectivity index (χ1) is 15.9. The molecule has 0 saturated carbocycles. The Morgan fingerprint density at radius 3 is 2.41 bits per heavy atom. The Bertz CT molecular complexity index is 1140. The van der Waals surface area contributed by atoms with Gasteiger partial charge in [-0.15, -0.1) is 0 Å². The van der Waals surface area contributed by atoms with Gasteiger partial charge in [0.25, 0.3) is 0 Å². The molecule has 0 aliphatic carbocycles. The number of hydrogen-bond donors (Lipinski definition) is 1. The van der Waals surface area contributed by atoms with Crippen molar-refractivity contribution >= 4 is 33.2 Å². The number of amides is 1. The molecule has 1 fully saturated rings. The summed E-state index contributed by atoms with van der Waals surface area (Å²) < 4.78 is 72.1. The van der Waals surface area contributed by atoms with Crippen molar-refractivity contribution in [1.29, 1.82) is 0 Å². The van der Waals surface area contributed by atoms with Gasteiger partial charge in [-0.25, -0.2) is 8.42 Å². The maximum Gasteiger partial charge on any atom is 0.416 e. The third-order valence-electron chi connectivity index (χ3n) is 5.35. The molecule has 1 aliphatic heterocycles. The van der Waals surface area contributed by atoms with Gasteiger partial charge in [0.2, 0.25) is 15.9 Å². The Morgan fingerprint density at radius 2 is 1.82 bits per heavy atom. The fourth-order valence-electron chi connectivity index (χ4n) is 3.61. The molecule has 0 aromatic heterocycles. The number of carbonyl (C=O) groups is 1. The lowest BCUT2D eigenvalue weighted by atomic mass is 10.1. The van der Waals surface area contributed by atoms with Crippen LogP contribution in [0.3, 0.4) is 0 Å². The van der Waals surface area contributed by atoms with Crippen LogP contribution in [0.25, 0.3) is 0 Å². The Hall–Kier alpha value is -2.50. The predicted octanol–water partition coefficient (Wildman–Crippen LogP) is 3.77. The molecule has 186 valence electrons. The van der Waals surface area contributed by atoms with Gasteiger partial charge in [-0.3, -0.25) is 4.79 Å². The van der Waals surface area contributed by atoms with Crippen LogP contribution in [0.5, 0.6) is 5.75 Å². The van der Waals surface area contributed by atoms with Gasteiger partial charge >= 0.3 is 6.18 Å². The molecule has 1 amide bonds. The summed E-state index contributed by atoms with van der Waals surface area (Å²) in [5, 5.41) is 0.134. The Kier molecular flexibility index (Phi) is 7.99. The van der Waals surface area contributed by atoms with Crippen LogP contribution in [-0.2, 0) is 21.0 Å². The fraction of sp³-hybridized carbons (Fsp3) is 0.409. The second kappa shape index (κ2) is 10.4. The van der Waals surface area contributed by atoms with E-state index in [0.717, 1.165) is 12.1 Å². The molecule has 0 spiro atoms. The number of nitrogens with one attached hydrogen (secondary N) is 1. The summed E-state index contributed by atoms with van der Waals surface area (Å²) in [5.74, 6) is -0.0739. The van der Waals surface area contributed by atoms with E-state index in [9.17, 15) is 26.4 Å². The molecule has 12 heteroatoms. The van der Waals surface area contributed by atoms with Gasteiger partial charge in [0.05, 0.1) is 28.1 Å². The predicted molar refractivity (Wildman–Crippen MR) is 123 cm³/mol. The lowest BCUT2D eigenvalue weighted by molar-refractivity contribution is -0.137. The van der Waals surface area contributed by atoms with E-state index < -0.39 is 33.7 Å². The van der Waals surface area contributed by atoms with Gasteiger partial charge in [0, 0.05) is 31.9 Å². The van der Waals surface area contributed by atoms with E-state index in [-0.39, 0.29) is 23.0 Å². The number of halogens is 4. The minimum atomic E-state index is -4.44. The summed E-state index contributed by atoms with van der Waals surface area (Å²) in [6.07, 6.45) is -4.44. The van der Waals surface area contributed by atoms with Crippen LogP contribution in [0.2, 0.25) is 5.02 Å². The second-order valence-corrected chi connectivity index (χ2v) is 9.85. The van der Waals surface area contributed by atoms with Gasteiger partial charge in [-0.05, 0) is 50.2 Å². The van der Waals surface area contributed by atoms with Gasteiger partial charge in [-0.2, -0.15) is 17.9 Å². The number of alkyl halides is 3. The largest absolute Gasteiger partial charge is 0.492 e. The zero-order valence-electron chi connectivity index (χ0n) is 18.6. The van der Waals surface area contributed by atoms with E-state index in [1.165, 1.54) is 36.1 Å². The lowest BCUT2D eigenvalue weighted by Crippen LogP contribution is -2.54. The van der Waals surface area contributed by atoms with E-state index in [2.05, 4.69) is 4.72 Å². The number of rotatable bonds is 7. The number of benzene rings is 2. The summed E-state index contributed by atoms with van der Waals surface area (Å²) in [6.45, 7) is 4.72. The third-order valence-corrected chi connectivity index (χ3v) is 7.18. The highest BCUT2D eigenvalue weighted by molar-refractivity contribution is 7.89. The molecular formula is C22H25ClF3N3O4S. The lowest BCUT2D eigenvalue weighted by Gasteiger charge is -2.37. The molecule has 0 unspecified atom stereocenters. The normalized spacial score (nSPS) is 15.8. The first-order valence-electron chi connectivity index (χ1n) is 10.6. The maximum atomic E-state index is 13.0. The Morgan fingerprint density at radius 1 is 1.15 bits per heavy atom. The fourth-order valence-corrected chi connectivity index (χ4v) is 5.13. The van der Waals surface area contributed by atoms with E-state index in [0.29, 0.717) is 31.1 Å². The first-order valence-corrected chi connectivity index (χ1v) is 12.4. The molecule has 1 saturated heterocycles. The van der Waals surface area contributed by atoms with Crippen LogP contribution in [0.1, 0.15) is 19.4 Å². The molecule has 1 N–H and O–H groups in total. The highest BCUT2D eigenvalue weighted by Gasteiger charge is 2.32. The molecule has 1 heterocycles. The standard InChI is InChI=1S/C22H25ClF3N3O4S/c1-3-33-20-8-7-18(14-19(20)23)34(31,32)27-15(2)21(30)29-11-9-28(10-12-29)17-6-4-5-16(13-17)22(24,25)26/h4-8,13-15,27H,3,9-12H2,1-2H3/t15-/m1/s1. The van der Waals surface area contributed by atoms with Crippen molar-refractivity contribution < 1.29 is 31.1 Å². The van der Waals surface area contributed by atoms with Gasteiger partial charge < -0.3 is 14.5 Å². The topological polar surface area (TPSA) is 78.9 Å². The number of carbonyl (C=O) groups excluding carboxylic acids is 1. The smallest absolute Gasteiger partial charge is 0.416 e. The second-order valence-electron chi connectivity index (χ2n) is 7.73. The monoisotopic (exact) mass is 519 g/mol. The van der Waals surface area contributed by atoms with E-state index in [4.69, 9.17) is 16.3 Å². The van der Waals surface area contributed by atoms with Crippen LogP contribution in [0.15, 0.2) is 47.4 Å². The van der Waals surface area contributed by atoms with Crippen molar-refractivity contribution in [1.82, 2.24) is 9.62 Å². The van der Waals surface area contributed by atoms with Crippen molar-refractivity contribution in [3.63, 3.8) is 0 Å². The van der Waals surface area contributed by atoms with Gasteiger partial charge in [0.15, 0.2) is 0 Å². The number of sulfonamides is 1. The Labute approximate surface area is 201 Å². The molecule has 1 aliphatic rings. The zero-order chi connectivity index (χ0) is 25.1. The van der Waals surface area contributed by atoms with Crippen molar-refractivity contribution in [3.05, 3.63) is 53.1 Å². The summed E-state index contributed by atoms with van der Waals surface area (Å²) in [6, 6.07) is 8.01. The first kappa shape index (κ1) is 26.1. The molecule has 34 heavy (non-hydrogen) atoms. The summed E-state index contributed by atoms with van der Waals surface area (Å²) in [7, 11) is -4.02. The summed E-state index contributed by atoms with van der Waals surface area (Å²) in [5.41, 5.74) is -0.316. The molecule has 0 bridgehead atoms. The van der Waals surface area contributed by atoms with Crippen molar-refractivity contribution in [2.24, 2.45) is 0 Å². The molecule has 7 nitrogen and oxygen atoms in total. The van der Waals surface area contributed by atoms with Gasteiger partial charge in [-0.1, -0.05) is 17.7 Å². The number of hydrogen-bond acceptors (Lipinski definition) is 5. The van der Waals surface area contributed by atoms with E-state index in [1.54, 1.807) is 17.9 Å². The average molecular weight is 520 g/mol. The molecule has 0 radical (unpaired) electrons. The van der Waals surface area contributed by atoms with Crippen LogP contribution < -0.4 is 14.4 Å². The van der Waals surface area contributed by atoms with Crippen LogP contribution >= 0.6 is 11.6 Å². The van der Waals surface area contributed by atoms with E-state index in [1.807, 2.05) is 0 Å². The van der Waals surface area contributed by atoms with Crippen molar-refractivity contribution in [2.45, 2.75) is 31.0 Å². The van der Waals surface area contributed by atoms with E-state index >= 15 is 0 Å². The quantitative estimate of drug-likeness (QED) is 0.602. The number of ether oxygens (including phenoxy) is 1. The average Bonchev–Trinajstić information content (AvgIpc) is 2.79. The minimum Gasteiger partial charge on any atom is -0.492 e. The molecule has 1 atom stereocenters. The van der Waals surface area contributed by atoms with Crippen LogP contribution in [0, 0.1) is 0 Å². The highest BCUT2D eigenvalue weighted by Crippen LogP contribution is 2.32. The molecular weight excluding hydrogens is 495 g/mol. The van der Waals surface area contributed by atoms with Gasteiger partial charge in [0.1, 0.15) is 5.75 Å². The summed E-state index contributed by atoms with van der Waals surface area (Å²) >= 11 is 6.07. The SMILES string of the molecule is CCOc1ccc(S(=O)(=O)N[C@H](C)C(=O)N2CCN(c3cccc(C(F)(F)F)c3)CC2)cc1Cl. The number of anilines is 1.